The zero-order valence-electron chi connectivity index (χ0n) is 6.97. The second-order valence-electron chi connectivity index (χ2n) is 1.38. The van der Waals surface area contributed by atoms with Crippen molar-refractivity contribution in [3.63, 3.8) is 0 Å². The van der Waals surface area contributed by atoms with Crippen LogP contribution in [0.4, 0.5) is 0 Å². The molecule has 1 heterocycles. The molecule has 0 aromatic rings. The van der Waals surface area contributed by atoms with Crippen molar-refractivity contribution >= 4 is 0 Å². The fraction of sp³-hybridized carbons (Fsp3) is 0.600. The first kappa shape index (κ1) is 29.3. The molecule has 0 unspecified atom stereocenters. The van der Waals surface area contributed by atoms with Crippen LogP contribution < -0.4 is 0 Å². The molecule has 1 nitrogen and oxygen atoms in total. The summed E-state index contributed by atoms with van der Waals surface area (Å²) in [6, 6.07) is 0. The first-order valence-electron chi connectivity index (χ1n) is 2.97. The molecule has 0 aromatic heterocycles. The van der Waals surface area contributed by atoms with Gasteiger partial charge in [0.25, 0.3) is 0 Å². The van der Waals surface area contributed by atoms with E-state index in [1.54, 1.807) is 13.2 Å². The molecular weight excluding hydrogens is 225 g/mol. The molecule has 75 valence electrons. The van der Waals surface area contributed by atoms with Crippen LogP contribution >= 0.6 is 0 Å². The summed E-state index contributed by atoms with van der Waals surface area (Å²) in [7, 11) is 0. The smallest absolute Gasteiger partial charge is 0.0876 e. The molecule has 0 fully saturated rings. The summed E-state index contributed by atoms with van der Waals surface area (Å²) in [6.07, 6.45) is 6.20. The second kappa shape index (κ2) is 29.9. The predicted molar refractivity (Wildman–Crippen MR) is 55.2 cm³/mol. The van der Waals surface area contributed by atoms with Gasteiger partial charge in [-0.05, 0) is 18.9 Å². The van der Waals surface area contributed by atoms with Gasteiger partial charge in [-0.2, -0.15) is 6.92 Å². The minimum Gasteiger partial charge on any atom is -0.502 e. The molecule has 0 saturated carbocycles. The van der Waals surface area contributed by atoms with Crippen molar-refractivity contribution in [2.45, 2.75) is 34.6 Å². The number of rotatable bonds is 0. The molecule has 0 N–H and O–H groups in total. The molecule has 0 bridgehead atoms. The molecule has 1 radical (unpaired) electrons. The van der Waals surface area contributed by atoms with Crippen LogP contribution in [0, 0.1) is 14.4 Å². The molecule has 12 heavy (non-hydrogen) atoms. The van der Waals surface area contributed by atoms with Crippen molar-refractivity contribution in [3.05, 3.63) is 26.7 Å². The Hall–Kier alpha value is 0.644. The maximum absolute atomic E-state index is 4.89. The molecule has 0 aromatic carbocycles. The van der Waals surface area contributed by atoms with E-state index in [1.165, 1.54) is 12.8 Å². The fourth-order valence-corrected chi connectivity index (χ4v) is 0.489. The van der Waals surface area contributed by atoms with Gasteiger partial charge in [-0.25, -0.2) is 0 Å². The molecule has 0 atom stereocenters. The van der Waals surface area contributed by atoms with Crippen molar-refractivity contribution in [3.8, 4) is 0 Å². The van der Waals surface area contributed by atoms with Crippen molar-refractivity contribution < 1.29 is 37.4 Å². The number of hydrogen-bond acceptors (Lipinski definition) is 1. The zero-order valence-corrected chi connectivity index (χ0v) is 9.81. The van der Waals surface area contributed by atoms with Crippen molar-refractivity contribution in [1.82, 2.24) is 0 Å². The van der Waals surface area contributed by atoms with Gasteiger partial charge in [0.15, 0.2) is 0 Å². The first-order valence-corrected chi connectivity index (χ1v) is 2.97. The van der Waals surface area contributed by atoms with Crippen LogP contribution in [0.1, 0.15) is 34.6 Å². The SMILES string of the molecule is C.C.C1=COCCC1.[CH2-]C.[CH3-].[Y]. The fourth-order valence-electron chi connectivity index (χ4n) is 0.489. The molecular formula is C10H24OY-2. The van der Waals surface area contributed by atoms with Crippen LogP contribution in [-0.2, 0) is 37.4 Å². The van der Waals surface area contributed by atoms with E-state index in [0.717, 1.165) is 6.61 Å². The summed E-state index contributed by atoms with van der Waals surface area (Å²) in [5, 5.41) is 0. The Balaban J connectivity index is -0.0000000257. The van der Waals surface area contributed by atoms with Gasteiger partial charge in [-0.3, -0.25) is 0 Å². The van der Waals surface area contributed by atoms with Gasteiger partial charge < -0.3 is 19.1 Å². The van der Waals surface area contributed by atoms with Gasteiger partial charge >= 0.3 is 0 Å². The van der Waals surface area contributed by atoms with Crippen LogP contribution in [-0.4, -0.2) is 6.61 Å². The zero-order chi connectivity index (χ0) is 6.24. The van der Waals surface area contributed by atoms with Crippen LogP contribution in [0.5, 0.6) is 0 Å². The van der Waals surface area contributed by atoms with Gasteiger partial charge in [-0.1, -0.05) is 14.9 Å². The molecule has 0 aliphatic carbocycles. The predicted octanol–water partition coefficient (Wildman–Crippen LogP) is 3.87. The first-order chi connectivity index (χ1) is 4.00. The van der Waals surface area contributed by atoms with Crippen molar-refractivity contribution in [2.24, 2.45) is 0 Å². The molecule has 1 aliphatic rings. The number of allylic oxidation sites excluding steroid dienone is 1. The third-order valence-electron chi connectivity index (χ3n) is 0.825. The van der Waals surface area contributed by atoms with E-state index in [9.17, 15) is 0 Å². The molecule has 2 heteroatoms. The molecule has 0 saturated heterocycles. The summed E-state index contributed by atoms with van der Waals surface area (Å²) >= 11 is 0. The average Bonchev–Trinajstić information content (AvgIpc) is 1.96. The standard InChI is InChI=1S/C5H8O.C2H5.2CH4.CH3.Y/c1-2-4-6-5-3-1;1-2;;;;/h2,4H,1,3,5H2;1H2,2H3;2*1H4;1H3;/q;-1;;;-1;. The normalized spacial score (nSPS) is 10.5. The van der Waals surface area contributed by atoms with E-state index in [1.807, 2.05) is 6.08 Å². The Morgan fingerprint density at radius 2 is 1.75 bits per heavy atom. The minimum atomic E-state index is 0. The number of ether oxygens (including phenoxy) is 1. The van der Waals surface area contributed by atoms with Crippen LogP contribution in [0.15, 0.2) is 12.3 Å². The minimum absolute atomic E-state index is 0. The monoisotopic (exact) mass is 249 g/mol. The quantitative estimate of drug-likeness (QED) is 0.592. The second-order valence-corrected chi connectivity index (χ2v) is 1.38. The van der Waals surface area contributed by atoms with Crippen LogP contribution in [0.25, 0.3) is 0 Å². The van der Waals surface area contributed by atoms with Crippen LogP contribution in [0.2, 0.25) is 0 Å². The van der Waals surface area contributed by atoms with Gasteiger partial charge in [0, 0.05) is 32.7 Å². The summed E-state index contributed by atoms with van der Waals surface area (Å²) in [4.78, 5) is 0. The van der Waals surface area contributed by atoms with E-state index < -0.39 is 0 Å². The maximum atomic E-state index is 4.89. The van der Waals surface area contributed by atoms with Gasteiger partial charge in [0.2, 0.25) is 0 Å². The Kier molecular flexibility index (Phi) is 73.1. The van der Waals surface area contributed by atoms with Crippen molar-refractivity contribution in [2.75, 3.05) is 6.61 Å². The van der Waals surface area contributed by atoms with Crippen molar-refractivity contribution in [1.29, 1.82) is 0 Å². The molecule has 0 amide bonds. The Morgan fingerprint density at radius 3 is 1.83 bits per heavy atom. The summed E-state index contributed by atoms with van der Waals surface area (Å²) in [5.41, 5.74) is 0. The molecule has 0 spiro atoms. The Bertz CT molecular complexity index is 54.9. The van der Waals surface area contributed by atoms with Gasteiger partial charge in [0.05, 0.1) is 12.9 Å². The average molecular weight is 249 g/mol. The third kappa shape index (κ3) is 22.4. The van der Waals surface area contributed by atoms with E-state index in [2.05, 4.69) is 6.92 Å². The van der Waals surface area contributed by atoms with Gasteiger partial charge in [-0.15, -0.1) is 0 Å². The Morgan fingerprint density at radius 1 is 1.25 bits per heavy atom. The van der Waals surface area contributed by atoms with E-state index in [-0.39, 0.29) is 55.0 Å². The van der Waals surface area contributed by atoms with Gasteiger partial charge in [0.1, 0.15) is 0 Å². The largest absolute Gasteiger partial charge is 0.502 e. The third-order valence-corrected chi connectivity index (χ3v) is 0.825. The number of hydrogen-bond donors (Lipinski definition) is 0. The maximum Gasteiger partial charge on any atom is 0.0876 e. The van der Waals surface area contributed by atoms with E-state index >= 15 is 0 Å². The summed E-state index contributed by atoms with van der Waals surface area (Å²) < 4.78 is 4.89. The van der Waals surface area contributed by atoms with Crippen LogP contribution in [0.3, 0.4) is 0 Å². The summed E-state index contributed by atoms with van der Waals surface area (Å²) in [6.45, 7) is 5.91. The Labute approximate surface area is 105 Å². The molecule has 1 rings (SSSR count). The van der Waals surface area contributed by atoms with E-state index in [4.69, 9.17) is 4.74 Å². The summed E-state index contributed by atoms with van der Waals surface area (Å²) in [5.74, 6) is 0. The molecule has 1 aliphatic heterocycles. The van der Waals surface area contributed by atoms with E-state index in [0.29, 0.717) is 0 Å². The topological polar surface area (TPSA) is 9.23 Å².